The van der Waals surface area contributed by atoms with Crippen LogP contribution in [-0.4, -0.2) is 53.2 Å². The Morgan fingerprint density at radius 2 is 1.84 bits per heavy atom. The van der Waals surface area contributed by atoms with Crippen LogP contribution in [0.5, 0.6) is 0 Å². The molecule has 1 aliphatic heterocycles. The third kappa shape index (κ3) is 4.47. The predicted octanol–water partition coefficient (Wildman–Crippen LogP) is 5.07. The molecule has 1 aliphatic carbocycles. The summed E-state index contributed by atoms with van der Waals surface area (Å²) >= 11 is 3.05. The predicted molar refractivity (Wildman–Crippen MR) is 145 cm³/mol. The Hall–Kier alpha value is -3.40. The minimum absolute atomic E-state index is 0.0462. The molecule has 0 bridgehead atoms. The van der Waals surface area contributed by atoms with E-state index in [1.807, 2.05) is 54.3 Å². The first-order valence-electron chi connectivity index (χ1n) is 12.3. The maximum Gasteiger partial charge on any atom is 0.254 e. The molecule has 0 spiro atoms. The van der Waals surface area contributed by atoms with Gasteiger partial charge in [-0.1, -0.05) is 53.8 Å². The number of benzene rings is 2. The van der Waals surface area contributed by atoms with Crippen molar-refractivity contribution in [2.45, 2.75) is 19.3 Å². The molecule has 3 heterocycles. The molecule has 0 unspecified atom stereocenters. The van der Waals surface area contributed by atoms with Crippen molar-refractivity contribution in [2.75, 3.05) is 31.6 Å². The highest BCUT2D eigenvalue weighted by Crippen LogP contribution is 2.55. The number of nitrogens with one attached hydrogen (secondary N) is 1. The lowest BCUT2D eigenvalue weighted by atomic mass is 9.73. The van der Waals surface area contributed by atoms with Crippen LogP contribution in [0.15, 0.2) is 66.2 Å². The molecule has 2 atom stereocenters. The Morgan fingerprint density at radius 1 is 1.08 bits per heavy atom. The maximum atomic E-state index is 13.6. The highest BCUT2D eigenvalue weighted by molar-refractivity contribution is 7.15. The Labute approximate surface area is 223 Å². The second kappa shape index (κ2) is 9.81. The fourth-order valence-electron chi connectivity index (χ4n) is 5.34. The minimum Gasteiger partial charge on any atom is -0.378 e. The molecule has 2 aliphatic rings. The van der Waals surface area contributed by atoms with E-state index in [0.29, 0.717) is 43.4 Å². The number of hydrogen-bond acceptors (Lipinski definition) is 7. The van der Waals surface area contributed by atoms with E-state index >= 15 is 0 Å². The highest BCUT2D eigenvalue weighted by atomic mass is 32.1. The van der Waals surface area contributed by atoms with Crippen LogP contribution in [0.4, 0.5) is 5.13 Å². The molecule has 0 saturated carbocycles. The molecule has 7 nitrogen and oxygen atoms in total. The van der Waals surface area contributed by atoms with Gasteiger partial charge in [-0.25, -0.2) is 0 Å². The number of nitrogens with zero attached hydrogens (tertiary/aromatic N) is 3. The Bertz CT molecular complexity index is 1410. The SMILES string of the molecule is C[C@@]1(C(=O)Nc2nncs2)Cc2sc(-c3ccc(C(=O)N4CCOCC4)cc3)cc2[C@@H]1c1ccccc1. The third-order valence-electron chi connectivity index (χ3n) is 7.26. The molecular formula is C28H26N4O3S2. The Morgan fingerprint density at radius 3 is 2.54 bits per heavy atom. The van der Waals surface area contributed by atoms with Gasteiger partial charge in [0.05, 0.1) is 18.6 Å². The van der Waals surface area contributed by atoms with Crippen LogP contribution in [0, 0.1) is 5.41 Å². The van der Waals surface area contributed by atoms with Crippen molar-refractivity contribution in [3.05, 3.63) is 87.7 Å². The first-order valence-corrected chi connectivity index (χ1v) is 14.0. The van der Waals surface area contributed by atoms with E-state index in [1.165, 1.54) is 21.8 Å². The zero-order valence-corrected chi connectivity index (χ0v) is 22.0. The van der Waals surface area contributed by atoms with Gasteiger partial charge in [0.1, 0.15) is 5.51 Å². The van der Waals surface area contributed by atoms with E-state index in [4.69, 9.17) is 4.74 Å². The number of anilines is 1. The summed E-state index contributed by atoms with van der Waals surface area (Å²) in [6, 6.07) is 20.3. The number of hydrogen-bond donors (Lipinski definition) is 1. The molecule has 37 heavy (non-hydrogen) atoms. The summed E-state index contributed by atoms with van der Waals surface area (Å²) in [5.74, 6) is -0.0808. The van der Waals surface area contributed by atoms with Gasteiger partial charge in [0.15, 0.2) is 0 Å². The van der Waals surface area contributed by atoms with E-state index in [9.17, 15) is 9.59 Å². The van der Waals surface area contributed by atoms with E-state index in [1.54, 1.807) is 16.8 Å². The van der Waals surface area contributed by atoms with Gasteiger partial charge in [-0.05, 0) is 48.2 Å². The average Bonchev–Trinajstić information content (AvgIpc) is 3.65. The van der Waals surface area contributed by atoms with Crippen molar-refractivity contribution in [2.24, 2.45) is 5.41 Å². The molecule has 1 saturated heterocycles. The first kappa shape index (κ1) is 24.0. The molecule has 2 aromatic carbocycles. The number of thiophene rings is 1. The highest BCUT2D eigenvalue weighted by Gasteiger charge is 2.50. The molecule has 6 rings (SSSR count). The van der Waals surface area contributed by atoms with Crippen molar-refractivity contribution in [1.29, 1.82) is 0 Å². The fraction of sp³-hybridized carbons (Fsp3) is 0.286. The van der Waals surface area contributed by atoms with Gasteiger partial charge in [0.2, 0.25) is 11.0 Å². The quantitative estimate of drug-likeness (QED) is 0.389. The van der Waals surface area contributed by atoms with Crippen molar-refractivity contribution >= 4 is 39.6 Å². The summed E-state index contributed by atoms with van der Waals surface area (Å²) < 4.78 is 5.37. The minimum atomic E-state index is -0.652. The molecule has 2 aromatic heterocycles. The van der Waals surface area contributed by atoms with Crippen molar-refractivity contribution in [3.8, 4) is 10.4 Å². The van der Waals surface area contributed by atoms with Crippen LogP contribution in [0.3, 0.4) is 0 Å². The summed E-state index contributed by atoms with van der Waals surface area (Å²) in [5.41, 5.74) is 5.04. The number of aromatic nitrogens is 2. The zero-order chi connectivity index (χ0) is 25.4. The number of carbonyl (C=O) groups is 2. The number of carbonyl (C=O) groups excluding carboxylic acids is 2. The number of morpholine rings is 1. The van der Waals surface area contributed by atoms with Gasteiger partial charge in [0, 0.05) is 34.3 Å². The fourth-order valence-corrected chi connectivity index (χ4v) is 7.16. The zero-order valence-electron chi connectivity index (χ0n) is 20.3. The summed E-state index contributed by atoms with van der Waals surface area (Å²) in [4.78, 5) is 30.6. The molecule has 1 N–H and O–H groups in total. The molecule has 0 radical (unpaired) electrons. The molecule has 188 valence electrons. The smallest absolute Gasteiger partial charge is 0.254 e. The van der Waals surface area contributed by atoms with Crippen LogP contribution in [-0.2, 0) is 16.0 Å². The second-order valence-corrected chi connectivity index (χ2v) is 11.6. The lowest BCUT2D eigenvalue weighted by Gasteiger charge is -2.31. The standard InChI is InChI=1S/C28H26N4O3S2/c1-28(26(34)30-27-31-29-17-36-27)16-23-21(24(28)19-5-3-2-4-6-19)15-22(37-23)18-7-9-20(10-8-18)25(33)32-11-13-35-14-12-32/h2-10,15,17,24H,11-14,16H2,1H3,(H,30,31,34)/t24-,28+/m0/s1. The van der Waals surface area contributed by atoms with Gasteiger partial charge >= 0.3 is 0 Å². The summed E-state index contributed by atoms with van der Waals surface area (Å²) in [6.45, 7) is 4.48. The molecule has 2 amide bonds. The first-order chi connectivity index (χ1) is 18.0. The van der Waals surface area contributed by atoms with Crippen LogP contribution in [0.1, 0.15) is 39.2 Å². The summed E-state index contributed by atoms with van der Waals surface area (Å²) in [5, 5.41) is 11.3. The summed E-state index contributed by atoms with van der Waals surface area (Å²) in [7, 11) is 0. The number of fused-ring (bicyclic) bond motifs is 1. The molecular weight excluding hydrogens is 504 g/mol. The third-order valence-corrected chi connectivity index (χ3v) is 9.07. The van der Waals surface area contributed by atoms with Gasteiger partial charge in [-0.15, -0.1) is 21.5 Å². The number of rotatable bonds is 5. The average molecular weight is 531 g/mol. The van der Waals surface area contributed by atoms with Crippen LogP contribution in [0.25, 0.3) is 10.4 Å². The summed E-state index contributed by atoms with van der Waals surface area (Å²) in [6.07, 6.45) is 0.644. The topological polar surface area (TPSA) is 84.4 Å². The second-order valence-electron chi connectivity index (χ2n) is 9.61. The lowest BCUT2D eigenvalue weighted by Crippen LogP contribution is -2.40. The van der Waals surface area contributed by atoms with Crippen LogP contribution < -0.4 is 5.32 Å². The van der Waals surface area contributed by atoms with E-state index < -0.39 is 5.41 Å². The molecule has 9 heteroatoms. The largest absolute Gasteiger partial charge is 0.378 e. The number of ether oxygens (including phenoxy) is 1. The van der Waals surface area contributed by atoms with E-state index in [-0.39, 0.29) is 17.7 Å². The monoisotopic (exact) mass is 530 g/mol. The van der Waals surface area contributed by atoms with Gasteiger partial charge < -0.3 is 15.0 Å². The Kier molecular flexibility index (Phi) is 6.36. The molecule has 4 aromatic rings. The van der Waals surface area contributed by atoms with Gasteiger partial charge in [-0.2, -0.15) is 0 Å². The molecule has 1 fully saturated rings. The van der Waals surface area contributed by atoms with Crippen LogP contribution in [0.2, 0.25) is 0 Å². The van der Waals surface area contributed by atoms with Gasteiger partial charge in [0.25, 0.3) is 5.91 Å². The van der Waals surface area contributed by atoms with E-state index in [2.05, 4.69) is 33.7 Å². The van der Waals surface area contributed by atoms with E-state index in [0.717, 1.165) is 16.0 Å². The lowest BCUT2D eigenvalue weighted by molar-refractivity contribution is -0.125. The van der Waals surface area contributed by atoms with Crippen LogP contribution >= 0.6 is 22.7 Å². The number of amides is 2. The Balaban J connectivity index is 1.29. The van der Waals surface area contributed by atoms with Crippen molar-refractivity contribution in [3.63, 3.8) is 0 Å². The maximum absolute atomic E-state index is 13.6. The normalized spacial score (nSPS) is 21.0. The van der Waals surface area contributed by atoms with Crippen molar-refractivity contribution in [1.82, 2.24) is 15.1 Å². The van der Waals surface area contributed by atoms with Crippen molar-refractivity contribution < 1.29 is 14.3 Å². The van der Waals surface area contributed by atoms with Gasteiger partial charge in [-0.3, -0.25) is 9.59 Å².